The second-order valence-electron chi connectivity index (χ2n) is 7.26. The fraction of sp³-hybridized carbons (Fsp3) is 0.417. The fourth-order valence-corrected chi connectivity index (χ4v) is 3.44. The molecule has 1 amide bonds. The van der Waals surface area contributed by atoms with E-state index in [1.165, 1.54) is 7.11 Å². The molecule has 150 valence electrons. The first kappa shape index (κ1) is 21.7. The summed E-state index contributed by atoms with van der Waals surface area (Å²) in [6.07, 6.45) is 4.73. The first-order valence-corrected chi connectivity index (χ1v) is 10.0. The first-order chi connectivity index (χ1) is 13.5. The summed E-state index contributed by atoms with van der Waals surface area (Å²) in [4.78, 5) is 25.7. The Hall–Kier alpha value is -2.62. The predicted molar refractivity (Wildman–Crippen MR) is 112 cm³/mol. The van der Waals surface area contributed by atoms with Crippen LogP contribution in [-0.2, 0) is 19.7 Å². The van der Waals surface area contributed by atoms with E-state index in [0.717, 1.165) is 36.8 Å². The third kappa shape index (κ3) is 5.22. The Morgan fingerprint density at radius 1 is 0.929 bits per heavy atom. The van der Waals surface area contributed by atoms with Gasteiger partial charge in [0.05, 0.1) is 12.5 Å². The Kier molecular flexibility index (Phi) is 8.24. The summed E-state index contributed by atoms with van der Waals surface area (Å²) in [6.45, 7) is 4.04. The van der Waals surface area contributed by atoms with E-state index in [2.05, 4.69) is 12.2 Å². The second-order valence-corrected chi connectivity index (χ2v) is 7.26. The molecule has 28 heavy (non-hydrogen) atoms. The largest absolute Gasteiger partial charge is 0.467 e. The molecule has 0 aliphatic heterocycles. The Labute approximate surface area is 168 Å². The molecule has 0 unspecified atom stereocenters. The van der Waals surface area contributed by atoms with Gasteiger partial charge in [0.1, 0.15) is 6.04 Å². The van der Waals surface area contributed by atoms with Gasteiger partial charge in [-0.05, 0) is 24.5 Å². The molecular weight excluding hydrogens is 350 g/mol. The molecule has 2 aromatic carbocycles. The molecule has 0 saturated heterocycles. The van der Waals surface area contributed by atoms with Crippen LogP contribution < -0.4 is 5.32 Å². The van der Waals surface area contributed by atoms with Crippen molar-refractivity contribution >= 4 is 11.9 Å². The number of hydrogen-bond acceptors (Lipinski definition) is 3. The fourth-order valence-electron chi connectivity index (χ4n) is 3.44. The van der Waals surface area contributed by atoms with Gasteiger partial charge in [-0.1, -0.05) is 93.3 Å². The van der Waals surface area contributed by atoms with Crippen LogP contribution in [0.15, 0.2) is 60.7 Å². The molecule has 0 bridgehead atoms. The minimum Gasteiger partial charge on any atom is -0.467 e. The zero-order chi connectivity index (χ0) is 20.4. The Bertz CT molecular complexity index is 703. The van der Waals surface area contributed by atoms with Crippen LogP contribution in [0, 0.1) is 0 Å². The van der Waals surface area contributed by atoms with Crippen LogP contribution in [-0.4, -0.2) is 25.0 Å². The van der Waals surface area contributed by atoms with Crippen LogP contribution in [0.1, 0.15) is 57.1 Å². The average Bonchev–Trinajstić information content (AvgIpc) is 2.75. The van der Waals surface area contributed by atoms with Crippen molar-refractivity contribution in [2.75, 3.05) is 7.11 Å². The molecule has 0 aromatic heterocycles. The van der Waals surface area contributed by atoms with E-state index in [0.29, 0.717) is 6.42 Å². The first-order valence-electron chi connectivity index (χ1n) is 10.0. The van der Waals surface area contributed by atoms with E-state index >= 15 is 0 Å². The summed E-state index contributed by atoms with van der Waals surface area (Å²) in [5.74, 6) is -0.593. The van der Waals surface area contributed by atoms with Crippen LogP contribution >= 0.6 is 0 Å². The van der Waals surface area contributed by atoms with Crippen LogP contribution in [0.2, 0.25) is 0 Å². The van der Waals surface area contributed by atoms with E-state index in [-0.39, 0.29) is 5.91 Å². The number of ether oxygens (including phenoxy) is 1. The molecule has 0 saturated carbocycles. The van der Waals surface area contributed by atoms with Gasteiger partial charge in [0.25, 0.3) is 0 Å². The number of benzene rings is 2. The van der Waals surface area contributed by atoms with Crippen molar-refractivity contribution in [1.82, 2.24) is 5.32 Å². The smallest absolute Gasteiger partial charge is 0.328 e. The maximum absolute atomic E-state index is 13.5. The number of carbonyl (C=O) groups is 2. The third-order valence-corrected chi connectivity index (χ3v) is 5.29. The normalized spacial score (nSPS) is 12.2. The Balaban J connectivity index is 2.29. The van der Waals surface area contributed by atoms with Crippen LogP contribution in [0.3, 0.4) is 0 Å². The van der Waals surface area contributed by atoms with Gasteiger partial charge in [-0.3, -0.25) is 4.79 Å². The maximum atomic E-state index is 13.5. The molecular formula is C24H31NO3. The van der Waals surface area contributed by atoms with Crippen molar-refractivity contribution in [3.05, 3.63) is 71.8 Å². The van der Waals surface area contributed by atoms with Gasteiger partial charge in [0.15, 0.2) is 0 Å². The van der Waals surface area contributed by atoms with E-state index in [9.17, 15) is 9.59 Å². The number of carbonyl (C=O) groups excluding carboxylic acids is 2. The van der Waals surface area contributed by atoms with Gasteiger partial charge in [-0.15, -0.1) is 0 Å². The van der Waals surface area contributed by atoms with E-state index in [4.69, 9.17) is 4.74 Å². The molecule has 1 N–H and O–H groups in total. The van der Waals surface area contributed by atoms with Crippen molar-refractivity contribution in [2.24, 2.45) is 0 Å². The van der Waals surface area contributed by atoms with Crippen molar-refractivity contribution in [1.29, 1.82) is 0 Å². The Morgan fingerprint density at radius 2 is 1.46 bits per heavy atom. The molecule has 4 heteroatoms. The van der Waals surface area contributed by atoms with Gasteiger partial charge in [0.2, 0.25) is 5.91 Å². The lowest BCUT2D eigenvalue weighted by Gasteiger charge is -2.31. The summed E-state index contributed by atoms with van der Waals surface area (Å²) in [5.41, 5.74) is 0.861. The van der Waals surface area contributed by atoms with Crippen LogP contribution in [0.25, 0.3) is 0 Å². The highest BCUT2D eigenvalue weighted by Crippen LogP contribution is 2.32. The molecule has 2 aromatic rings. The Morgan fingerprint density at radius 3 is 1.93 bits per heavy atom. The van der Waals surface area contributed by atoms with Gasteiger partial charge in [0, 0.05) is 0 Å². The summed E-state index contributed by atoms with van der Waals surface area (Å²) in [6, 6.07) is 18.7. The second kappa shape index (κ2) is 10.6. The highest BCUT2D eigenvalue weighted by molar-refractivity contribution is 5.94. The molecule has 0 heterocycles. The van der Waals surface area contributed by atoms with Gasteiger partial charge in [-0.2, -0.15) is 0 Å². The molecule has 0 radical (unpaired) electrons. The lowest BCUT2D eigenvalue weighted by Crippen LogP contribution is -2.50. The highest BCUT2D eigenvalue weighted by Gasteiger charge is 2.39. The van der Waals surface area contributed by atoms with Gasteiger partial charge < -0.3 is 10.1 Å². The number of methoxy groups -OCH3 is 1. The maximum Gasteiger partial charge on any atom is 0.328 e. The number of unbranched alkanes of at least 4 members (excludes halogenated alkanes) is 3. The summed E-state index contributed by atoms with van der Waals surface area (Å²) >= 11 is 0. The molecule has 0 aliphatic carbocycles. The number of amides is 1. The van der Waals surface area contributed by atoms with Crippen molar-refractivity contribution in [3.8, 4) is 0 Å². The zero-order valence-corrected chi connectivity index (χ0v) is 17.1. The molecule has 0 fully saturated rings. The lowest BCUT2D eigenvalue weighted by molar-refractivity contribution is -0.145. The monoisotopic (exact) mass is 381 g/mol. The number of rotatable bonds is 10. The van der Waals surface area contributed by atoms with Crippen molar-refractivity contribution < 1.29 is 14.3 Å². The van der Waals surface area contributed by atoms with E-state index < -0.39 is 17.4 Å². The van der Waals surface area contributed by atoms with Gasteiger partial charge in [-0.25, -0.2) is 4.79 Å². The van der Waals surface area contributed by atoms with Crippen LogP contribution in [0.5, 0.6) is 0 Å². The number of nitrogens with one attached hydrogen (secondary N) is 1. The van der Waals surface area contributed by atoms with Crippen molar-refractivity contribution in [2.45, 2.75) is 57.4 Å². The molecule has 1 atom stereocenters. The standard InChI is InChI=1S/C24H31NO3/c1-4-5-6-13-18-21(22(26)28-3)25-23(27)24(2,19-14-9-7-10-15-19)20-16-11-8-12-17-20/h7-12,14-17,21H,4-6,13,18H2,1-3H3,(H,25,27)/t21-/m1/s1. The minimum absolute atomic E-state index is 0.198. The third-order valence-electron chi connectivity index (χ3n) is 5.29. The molecule has 0 aliphatic rings. The summed E-state index contributed by atoms with van der Waals surface area (Å²) in [5, 5.41) is 2.97. The van der Waals surface area contributed by atoms with Crippen LogP contribution in [0.4, 0.5) is 0 Å². The zero-order valence-electron chi connectivity index (χ0n) is 17.1. The highest BCUT2D eigenvalue weighted by atomic mass is 16.5. The molecule has 4 nitrogen and oxygen atoms in total. The molecule has 0 spiro atoms. The number of esters is 1. The minimum atomic E-state index is -0.905. The van der Waals surface area contributed by atoms with Crippen molar-refractivity contribution in [3.63, 3.8) is 0 Å². The lowest BCUT2D eigenvalue weighted by atomic mass is 9.75. The summed E-state index contributed by atoms with van der Waals surface area (Å²) in [7, 11) is 1.36. The van der Waals surface area contributed by atoms with Gasteiger partial charge >= 0.3 is 5.97 Å². The SMILES string of the molecule is CCCCCC[C@@H](NC(=O)C(C)(c1ccccc1)c1ccccc1)C(=O)OC. The quantitative estimate of drug-likeness (QED) is 0.483. The number of hydrogen-bond donors (Lipinski definition) is 1. The summed E-state index contributed by atoms with van der Waals surface area (Å²) < 4.78 is 4.94. The molecule has 2 rings (SSSR count). The average molecular weight is 382 g/mol. The topological polar surface area (TPSA) is 55.4 Å². The van der Waals surface area contributed by atoms with E-state index in [1.54, 1.807) is 0 Å². The predicted octanol–water partition coefficient (Wildman–Crippen LogP) is 4.62. The van der Waals surface area contributed by atoms with E-state index in [1.807, 2.05) is 67.6 Å².